The second-order valence-corrected chi connectivity index (χ2v) is 17.1. The topological polar surface area (TPSA) is 21.3 Å². The van der Waals surface area contributed by atoms with Crippen LogP contribution in [0.25, 0.3) is 98.8 Å². The van der Waals surface area contributed by atoms with Gasteiger partial charge in [0.1, 0.15) is 11.2 Å². The fourth-order valence-corrected chi connectivity index (χ4v) is 10.6. The molecule has 306 valence electrons. The van der Waals surface area contributed by atoms with Gasteiger partial charge < -0.3 is 13.9 Å². The van der Waals surface area contributed by atoms with Gasteiger partial charge in [-0.05, 0) is 93.2 Å². The molecule has 1 unspecified atom stereocenters. The minimum atomic E-state index is 0.0179. The van der Waals surface area contributed by atoms with Crippen molar-refractivity contribution in [2.24, 2.45) is 0 Å². The number of anilines is 2. The van der Waals surface area contributed by atoms with Crippen molar-refractivity contribution in [3.8, 4) is 27.9 Å². The average molecular weight is 831 g/mol. The molecule has 65 heavy (non-hydrogen) atoms. The lowest BCUT2D eigenvalue weighted by Gasteiger charge is -2.35. The average Bonchev–Trinajstić information content (AvgIpc) is 3.93. The van der Waals surface area contributed by atoms with Gasteiger partial charge in [-0.25, -0.2) is 0 Å². The summed E-state index contributed by atoms with van der Waals surface area (Å²) >= 11 is 0. The molecule has 3 nitrogen and oxygen atoms in total. The zero-order chi connectivity index (χ0) is 42.8. The van der Waals surface area contributed by atoms with Crippen molar-refractivity contribution in [1.82, 2.24) is 4.57 Å². The third-order valence-corrected chi connectivity index (χ3v) is 13.5. The van der Waals surface area contributed by atoms with Crippen LogP contribution in [-0.2, 0) is 0 Å². The van der Waals surface area contributed by atoms with Crippen LogP contribution in [0.5, 0.6) is 0 Å². The molecule has 0 fully saturated rings. The van der Waals surface area contributed by atoms with Crippen LogP contribution in [0, 0.1) is 0 Å². The molecule has 1 aliphatic carbocycles. The Hall–Kier alpha value is -8.40. The molecule has 0 aliphatic heterocycles. The van der Waals surface area contributed by atoms with Crippen LogP contribution < -0.4 is 4.90 Å². The molecular formula is C62H42N2O. The summed E-state index contributed by atoms with van der Waals surface area (Å²) in [7, 11) is 0. The molecule has 13 rings (SSSR count). The second-order valence-electron chi connectivity index (χ2n) is 17.1. The summed E-state index contributed by atoms with van der Waals surface area (Å²) in [5.41, 5.74) is 14.6. The van der Waals surface area contributed by atoms with E-state index >= 15 is 0 Å². The van der Waals surface area contributed by atoms with Gasteiger partial charge in [-0.3, -0.25) is 0 Å². The Morgan fingerprint density at radius 2 is 1.06 bits per heavy atom. The molecule has 0 bridgehead atoms. The highest BCUT2D eigenvalue weighted by Gasteiger charge is 2.26. The number of rotatable bonds is 7. The van der Waals surface area contributed by atoms with Gasteiger partial charge in [0, 0.05) is 49.6 Å². The Morgan fingerprint density at radius 3 is 1.86 bits per heavy atom. The van der Waals surface area contributed by atoms with Gasteiger partial charge in [-0.15, -0.1) is 0 Å². The number of furan rings is 1. The first-order chi connectivity index (χ1) is 32.3. The van der Waals surface area contributed by atoms with Gasteiger partial charge >= 0.3 is 0 Å². The maximum atomic E-state index is 6.69. The molecule has 0 radical (unpaired) electrons. The molecule has 2 aromatic heterocycles. The molecule has 0 N–H and O–H groups in total. The molecule has 0 saturated heterocycles. The van der Waals surface area contributed by atoms with E-state index in [1.54, 1.807) is 0 Å². The second kappa shape index (κ2) is 15.1. The van der Waals surface area contributed by atoms with Gasteiger partial charge in [0.15, 0.2) is 0 Å². The predicted molar refractivity (Wildman–Crippen MR) is 274 cm³/mol. The number of aromatic nitrogens is 1. The number of allylic oxidation sites excluding steroid dienone is 2. The minimum Gasteiger partial charge on any atom is -0.455 e. The molecular weight excluding hydrogens is 789 g/mol. The number of hydrogen-bond acceptors (Lipinski definition) is 2. The number of fused-ring (bicyclic) bond motifs is 9. The first-order valence-electron chi connectivity index (χ1n) is 22.5. The minimum absolute atomic E-state index is 0.0179. The largest absolute Gasteiger partial charge is 0.455 e. The smallest absolute Gasteiger partial charge is 0.143 e. The van der Waals surface area contributed by atoms with Gasteiger partial charge in [-0.2, -0.15) is 0 Å². The van der Waals surface area contributed by atoms with Gasteiger partial charge in [0.05, 0.1) is 22.8 Å². The highest BCUT2D eigenvalue weighted by molar-refractivity contribution is 6.14. The number of para-hydroxylation sites is 6. The third kappa shape index (κ3) is 6.04. The Bertz CT molecular complexity index is 3850. The van der Waals surface area contributed by atoms with Crippen molar-refractivity contribution in [2.45, 2.75) is 12.5 Å². The van der Waals surface area contributed by atoms with E-state index in [1.165, 1.54) is 60.1 Å². The summed E-state index contributed by atoms with van der Waals surface area (Å²) in [5.74, 6) is 0. The molecule has 0 amide bonds. The molecule has 1 atom stereocenters. The van der Waals surface area contributed by atoms with Crippen molar-refractivity contribution in [3.05, 3.63) is 242 Å². The summed E-state index contributed by atoms with van der Waals surface area (Å²) < 4.78 is 9.13. The quantitative estimate of drug-likeness (QED) is 0.149. The van der Waals surface area contributed by atoms with Crippen LogP contribution in [0.3, 0.4) is 0 Å². The monoisotopic (exact) mass is 830 g/mol. The molecule has 0 saturated carbocycles. The van der Waals surface area contributed by atoms with Crippen molar-refractivity contribution < 1.29 is 4.42 Å². The molecule has 0 spiro atoms. The first kappa shape index (κ1) is 37.2. The van der Waals surface area contributed by atoms with Crippen molar-refractivity contribution >= 4 is 82.2 Å². The lowest BCUT2D eigenvalue weighted by Crippen LogP contribution is -2.30. The van der Waals surface area contributed by atoms with Crippen LogP contribution in [0.15, 0.2) is 241 Å². The maximum absolute atomic E-state index is 6.69. The van der Waals surface area contributed by atoms with E-state index < -0.39 is 0 Å². The molecule has 12 aromatic rings. The van der Waals surface area contributed by atoms with E-state index in [1.807, 2.05) is 6.07 Å². The summed E-state index contributed by atoms with van der Waals surface area (Å²) in [5, 5.41) is 9.85. The van der Waals surface area contributed by atoms with Crippen LogP contribution >= 0.6 is 0 Å². The maximum Gasteiger partial charge on any atom is 0.143 e. The zero-order valence-electron chi connectivity index (χ0n) is 35.6. The fraction of sp³-hybridized carbons (Fsp3) is 0.0323. The van der Waals surface area contributed by atoms with Gasteiger partial charge in [0.25, 0.3) is 0 Å². The van der Waals surface area contributed by atoms with E-state index in [0.29, 0.717) is 0 Å². The summed E-state index contributed by atoms with van der Waals surface area (Å²) in [4.78, 5) is 2.55. The Kier molecular flexibility index (Phi) is 8.67. The lowest BCUT2D eigenvalue weighted by molar-refractivity contribution is 0.670. The Labute approximate surface area is 377 Å². The molecule has 1 aliphatic rings. The van der Waals surface area contributed by atoms with Gasteiger partial charge in [-0.1, -0.05) is 188 Å². The zero-order valence-corrected chi connectivity index (χ0v) is 35.6. The van der Waals surface area contributed by atoms with Crippen molar-refractivity contribution in [2.75, 3.05) is 4.90 Å². The van der Waals surface area contributed by atoms with Gasteiger partial charge in [0.2, 0.25) is 0 Å². The van der Waals surface area contributed by atoms with E-state index in [2.05, 4.69) is 240 Å². The van der Waals surface area contributed by atoms with Crippen LogP contribution in [-0.4, -0.2) is 10.6 Å². The Balaban J connectivity index is 0.981. The predicted octanol–water partition coefficient (Wildman–Crippen LogP) is 16.9. The summed E-state index contributed by atoms with van der Waals surface area (Å²) in [6.45, 7) is 0. The lowest BCUT2D eigenvalue weighted by atomic mass is 9.89. The van der Waals surface area contributed by atoms with Crippen LogP contribution in [0.1, 0.15) is 12.0 Å². The van der Waals surface area contributed by atoms with Crippen LogP contribution in [0.2, 0.25) is 0 Å². The normalized spacial score (nSPS) is 14.0. The van der Waals surface area contributed by atoms with Crippen LogP contribution in [0.4, 0.5) is 11.4 Å². The SMILES string of the molecule is C1=CC(N(c2cccc(-c3ccccc3-n3c4ccccc4c4ccccc43)c2)c2ccccc2-c2cccc3c2oc2ccccc23)CC=C1c1cc2ccccc2c2ccccc12. The molecule has 3 heteroatoms. The fourth-order valence-electron chi connectivity index (χ4n) is 10.6. The highest BCUT2D eigenvalue weighted by atomic mass is 16.3. The summed E-state index contributed by atoms with van der Waals surface area (Å²) in [6, 6.07) is 79.2. The first-order valence-corrected chi connectivity index (χ1v) is 22.5. The van der Waals surface area contributed by atoms with Crippen molar-refractivity contribution in [3.63, 3.8) is 0 Å². The van der Waals surface area contributed by atoms with Crippen molar-refractivity contribution in [1.29, 1.82) is 0 Å². The highest BCUT2D eigenvalue weighted by Crippen LogP contribution is 2.45. The standard InChI is InChI=1S/C62H42N2O/c1-2-20-46-43(17-1)40-56(49-23-4-3-22-48(46)49)41-35-37-44(38-36-41)63(58-31-11-8-26-52(58)54-28-16-29-55-53-27-9-14-34-61(53)65-62(54)55)45-19-15-18-42(39-45)47-21-5-10-30-57(47)64-59-32-12-6-24-50(59)51-25-7-13-33-60(51)64/h1-37,39-40,44H,38H2. The van der Waals surface area contributed by atoms with E-state index in [4.69, 9.17) is 4.42 Å². The van der Waals surface area contributed by atoms with E-state index in [-0.39, 0.29) is 6.04 Å². The summed E-state index contributed by atoms with van der Waals surface area (Å²) in [6.07, 6.45) is 8.02. The van der Waals surface area contributed by atoms with E-state index in [9.17, 15) is 0 Å². The Morgan fingerprint density at radius 1 is 0.446 bits per heavy atom. The number of benzene rings is 10. The molecule has 10 aromatic carbocycles. The van der Waals surface area contributed by atoms with E-state index in [0.717, 1.165) is 62.1 Å². The molecule has 2 heterocycles. The number of nitrogens with zero attached hydrogens (tertiary/aromatic N) is 2. The third-order valence-electron chi connectivity index (χ3n) is 13.5. The number of hydrogen-bond donors (Lipinski definition) is 0.